The first kappa shape index (κ1) is 16.2. The van der Waals surface area contributed by atoms with E-state index in [9.17, 15) is 4.79 Å². The number of ether oxygens (including phenoxy) is 1. The monoisotopic (exact) mass is 334 g/mol. The second kappa shape index (κ2) is 7.25. The quantitative estimate of drug-likeness (QED) is 0.876. The molecule has 1 aliphatic heterocycles. The highest BCUT2D eigenvalue weighted by Crippen LogP contribution is 2.26. The predicted molar refractivity (Wildman–Crippen MR) is 90.8 cm³/mol. The number of amides is 1. The number of hydrogen-bond acceptors (Lipinski definition) is 5. The maximum atomic E-state index is 12.2. The summed E-state index contributed by atoms with van der Waals surface area (Å²) in [5, 5.41) is 10.0. The average molecular weight is 334 g/mol. The minimum Gasteiger partial charge on any atom is -0.379 e. The number of morpholine rings is 1. The van der Waals surface area contributed by atoms with Crippen molar-refractivity contribution in [1.29, 1.82) is 0 Å². The second-order valence-electron chi connectivity index (χ2n) is 5.78. The van der Waals surface area contributed by atoms with Crippen molar-refractivity contribution in [3.8, 4) is 10.6 Å². The summed E-state index contributed by atoms with van der Waals surface area (Å²) >= 11 is 1.68. The average Bonchev–Trinajstić information content (AvgIpc) is 3.22. The fourth-order valence-electron chi connectivity index (χ4n) is 2.62. The molecule has 7 heteroatoms. The van der Waals surface area contributed by atoms with E-state index in [0.29, 0.717) is 18.3 Å². The highest BCUT2D eigenvalue weighted by molar-refractivity contribution is 7.15. The molecule has 3 heterocycles. The Balaban J connectivity index is 1.55. The summed E-state index contributed by atoms with van der Waals surface area (Å²) in [5.41, 5.74) is 1.31. The standard InChI is InChI=1S/C16H22N4O2S/c1-11(20-5-7-22-8-6-20)10-17-16(21)14-9-13(18-19-14)15-4-3-12(2)23-15/h3-4,9,11H,5-8,10H2,1-2H3,(H,17,21)(H,18,19)/t11-/m1/s1. The van der Waals surface area contributed by atoms with E-state index in [1.807, 2.05) is 6.07 Å². The maximum Gasteiger partial charge on any atom is 0.271 e. The van der Waals surface area contributed by atoms with Crippen LogP contribution in [0.5, 0.6) is 0 Å². The Morgan fingerprint density at radius 3 is 2.96 bits per heavy atom. The van der Waals surface area contributed by atoms with Crippen LogP contribution in [-0.2, 0) is 4.74 Å². The largest absolute Gasteiger partial charge is 0.379 e. The van der Waals surface area contributed by atoms with Gasteiger partial charge in [0.1, 0.15) is 0 Å². The van der Waals surface area contributed by atoms with Crippen LogP contribution in [0.1, 0.15) is 22.3 Å². The van der Waals surface area contributed by atoms with Crippen molar-refractivity contribution in [2.75, 3.05) is 32.8 Å². The number of nitrogens with one attached hydrogen (secondary N) is 2. The van der Waals surface area contributed by atoms with Crippen molar-refractivity contribution >= 4 is 17.2 Å². The van der Waals surface area contributed by atoms with Gasteiger partial charge in [0, 0.05) is 30.6 Å². The van der Waals surface area contributed by atoms with Crippen LogP contribution >= 0.6 is 11.3 Å². The Morgan fingerprint density at radius 1 is 1.48 bits per heavy atom. The van der Waals surface area contributed by atoms with Crippen LogP contribution < -0.4 is 5.32 Å². The van der Waals surface area contributed by atoms with E-state index in [-0.39, 0.29) is 5.91 Å². The van der Waals surface area contributed by atoms with Gasteiger partial charge >= 0.3 is 0 Å². The molecular weight excluding hydrogens is 312 g/mol. The zero-order valence-electron chi connectivity index (χ0n) is 13.5. The third-order valence-electron chi connectivity index (χ3n) is 4.04. The maximum absolute atomic E-state index is 12.2. The molecule has 0 bridgehead atoms. The van der Waals surface area contributed by atoms with Crippen molar-refractivity contribution in [2.24, 2.45) is 0 Å². The van der Waals surface area contributed by atoms with Gasteiger partial charge in [0.2, 0.25) is 0 Å². The van der Waals surface area contributed by atoms with Crippen LogP contribution in [0.3, 0.4) is 0 Å². The van der Waals surface area contributed by atoms with Crippen molar-refractivity contribution in [3.05, 3.63) is 28.8 Å². The lowest BCUT2D eigenvalue weighted by molar-refractivity contribution is 0.0204. The van der Waals surface area contributed by atoms with Gasteiger partial charge in [0.25, 0.3) is 5.91 Å². The van der Waals surface area contributed by atoms with Crippen molar-refractivity contribution in [1.82, 2.24) is 20.4 Å². The van der Waals surface area contributed by atoms with Crippen LogP contribution in [0.15, 0.2) is 18.2 Å². The minimum absolute atomic E-state index is 0.138. The lowest BCUT2D eigenvalue weighted by atomic mass is 10.2. The molecule has 2 aromatic heterocycles. The Hall–Kier alpha value is -1.70. The van der Waals surface area contributed by atoms with Crippen LogP contribution in [0, 0.1) is 6.92 Å². The Bertz CT molecular complexity index is 661. The number of carbonyl (C=O) groups excluding carboxylic acids is 1. The number of carbonyl (C=O) groups is 1. The molecule has 0 saturated carbocycles. The van der Waals surface area contributed by atoms with Crippen LogP contribution in [0.2, 0.25) is 0 Å². The molecule has 2 N–H and O–H groups in total. The molecule has 23 heavy (non-hydrogen) atoms. The highest BCUT2D eigenvalue weighted by atomic mass is 32.1. The fraction of sp³-hybridized carbons (Fsp3) is 0.500. The van der Waals surface area contributed by atoms with Gasteiger partial charge in [0.15, 0.2) is 5.69 Å². The van der Waals surface area contributed by atoms with Crippen molar-refractivity contribution in [2.45, 2.75) is 19.9 Å². The summed E-state index contributed by atoms with van der Waals surface area (Å²) < 4.78 is 5.35. The van der Waals surface area contributed by atoms with E-state index in [0.717, 1.165) is 36.9 Å². The van der Waals surface area contributed by atoms with E-state index < -0.39 is 0 Å². The van der Waals surface area contributed by atoms with E-state index in [4.69, 9.17) is 4.74 Å². The summed E-state index contributed by atoms with van der Waals surface area (Å²) in [6.07, 6.45) is 0. The third-order valence-corrected chi connectivity index (χ3v) is 5.08. The summed E-state index contributed by atoms with van der Waals surface area (Å²) in [4.78, 5) is 16.9. The number of thiophene rings is 1. The van der Waals surface area contributed by atoms with Crippen molar-refractivity contribution < 1.29 is 9.53 Å². The summed E-state index contributed by atoms with van der Waals surface area (Å²) in [6, 6.07) is 6.20. The molecule has 1 atom stereocenters. The molecule has 0 aliphatic carbocycles. The van der Waals surface area contributed by atoms with Gasteiger partial charge in [-0.2, -0.15) is 5.10 Å². The van der Waals surface area contributed by atoms with Gasteiger partial charge in [-0.25, -0.2) is 0 Å². The SMILES string of the molecule is Cc1ccc(-c2cc(C(=O)NC[C@@H](C)N3CCOCC3)n[nH]2)s1. The normalized spacial score (nSPS) is 17.1. The Kier molecular flexibility index (Phi) is 5.09. The Labute approximate surface area is 139 Å². The van der Waals surface area contributed by atoms with Gasteiger partial charge in [0.05, 0.1) is 23.8 Å². The van der Waals surface area contributed by atoms with Crippen LogP contribution in [0.4, 0.5) is 0 Å². The number of aromatic amines is 1. The topological polar surface area (TPSA) is 70.2 Å². The summed E-state index contributed by atoms with van der Waals surface area (Å²) in [6.45, 7) is 8.16. The second-order valence-corrected chi connectivity index (χ2v) is 7.07. The van der Waals surface area contributed by atoms with E-state index in [1.54, 1.807) is 17.4 Å². The Morgan fingerprint density at radius 2 is 2.26 bits per heavy atom. The zero-order valence-corrected chi connectivity index (χ0v) is 14.3. The lowest BCUT2D eigenvalue weighted by Gasteiger charge is -2.32. The molecule has 6 nitrogen and oxygen atoms in total. The van der Waals surface area contributed by atoms with Gasteiger partial charge in [-0.05, 0) is 32.0 Å². The predicted octanol–water partition coefficient (Wildman–Crippen LogP) is 1.90. The van der Waals surface area contributed by atoms with E-state index >= 15 is 0 Å². The molecule has 2 aromatic rings. The third kappa shape index (κ3) is 3.99. The van der Waals surface area contributed by atoms with Gasteiger partial charge in [-0.15, -0.1) is 11.3 Å². The molecule has 3 rings (SSSR count). The van der Waals surface area contributed by atoms with Gasteiger partial charge in [-0.1, -0.05) is 0 Å². The van der Waals surface area contributed by atoms with Gasteiger partial charge in [-0.3, -0.25) is 14.8 Å². The zero-order chi connectivity index (χ0) is 16.2. The van der Waals surface area contributed by atoms with E-state index in [2.05, 4.69) is 40.3 Å². The number of hydrogen-bond donors (Lipinski definition) is 2. The van der Waals surface area contributed by atoms with E-state index in [1.165, 1.54) is 4.88 Å². The molecule has 1 aliphatic rings. The molecule has 1 saturated heterocycles. The molecule has 1 amide bonds. The number of H-pyrrole nitrogens is 1. The van der Waals surface area contributed by atoms with Crippen molar-refractivity contribution in [3.63, 3.8) is 0 Å². The first-order valence-electron chi connectivity index (χ1n) is 7.85. The van der Waals surface area contributed by atoms with Crippen LogP contribution in [-0.4, -0.2) is 59.9 Å². The lowest BCUT2D eigenvalue weighted by Crippen LogP contribution is -2.47. The summed E-state index contributed by atoms with van der Waals surface area (Å²) in [7, 11) is 0. The highest BCUT2D eigenvalue weighted by Gasteiger charge is 2.18. The molecule has 0 unspecified atom stereocenters. The number of nitrogens with zero attached hydrogens (tertiary/aromatic N) is 2. The molecular formula is C16H22N4O2S. The number of aromatic nitrogens is 2. The summed E-state index contributed by atoms with van der Waals surface area (Å²) in [5.74, 6) is -0.138. The minimum atomic E-state index is -0.138. The molecule has 0 aromatic carbocycles. The smallest absolute Gasteiger partial charge is 0.271 e. The molecule has 1 fully saturated rings. The number of aryl methyl sites for hydroxylation is 1. The molecule has 124 valence electrons. The number of rotatable bonds is 5. The first-order valence-corrected chi connectivity index (χ1v) is 8.67. The van der Waals surface area contributed by atoms with Gasteiger partial charge < -0.3 is 10.1 Å². The first-order chi connectivity index (χ1) is 11.1. The van der Waals surface area contributed by atoms with Crippen LogP contribution in [0.25, 0.3) is 10.6 Å². The molecule has 0 spiro atoms. The molecule has 0 radical (unpaired) electrons. The fourth-order valence-corrected chi connectivity index (χ4v) is 3.46.